The average Bonchev–Trinajstić information content (AvgIpc) is 3.28. The van der Waals surface area contributed by atoms with E-state index in [1.165, 1.54) is 327 Å². The quantitative estimate of drug-likeness (QED) is 0.0363. The largest absolute Gasteiger partial charge is 0.432 e. The van der Waals surface area contributed by atoms with Crippen LogP contribution in [0.1, 0.15) is 368 Å². The summed E-state index contributed by atoms with van der Waals surface area (Å²) in [4.78, 5) is 0. The summed E-state index contributed by atoms with van der Waals surface area (Å²) in [6.07, 6.45) is 71.5. The first kappa shape index (κ1) is 63.8. The van der Waals surface area contributed by atoms with Gasteiger partial charge in [-0.05, 0) is 36.9 Å². The lowest BCUT2D eigenvalue weighted by atomic mass is 9.71. The summed E-state index contributed by atoms with van der Waals surface area (Å²) in [6.45, 7) is 8.67. The van der Waals surface area contributed by atoms with Gasteiger partial charge in [-0.15, -0.1) is 0 Å². The van der Waals surface area contributed by atoms with Crippen molar-refractivity contribution < 1.29 is 14.9 Å². The highest BCUT2D eigenvalue weighted by molar-refractivity contribution is 7.80. The molecule has 0 rings (SSSR count). The van der Waals surface area contributed by atoms with E-state index < -0.39 is 5.97 Å². The van der Waals surface area contributed by atoms with Gasteiger partial charge in [0, 0.05) is 12.8 Å². The van der Waals surface area contributed by atoms with Gasteiger partial charge in [-0.3, -0.25) is 0 Å². The molecular weight excluding hydrogens is 801 g/mol. The molecule has 0 bridgehead atoms. The van der Waals surface area contributed by atoms with Gasteiger partial charge in [-0.1, -0.05) is 336 Å². The van der Waals surface area contributed by atoms with Crippen LogP contribution in [0, 0.1) is 5.41 Å². The smallest absolute Gasteiger partial charge is 0.321 e. The van der Waals surface area contributed by atoms with Gasteiger partial charge in [0.25, 0.3) is 0 Å². The van der Waals surface area contributed by atoms with Gasteiger partial charge in [0.05, 0.1) is 0 Å². The zero-order chi connectivity index (χ0) is 46.8. The monoisotopic (exact) mass is 921 g/mol. The van der Waals surface area contributed by atoms with Crippen molar-refractivity contribution in [1.29, 1.82) is 0 Å². The first-order valence-corrected chi connectivity index (χ1v) is 30.4. The van der Waals surface area contributed by atoms with Crippen LogP contribution in [0.4, 0.5) is 0 Å². The lowest BCUT2D eigenvalue weighted by molar-refractivity contribution is -0.301. The second-order valence-corrected chi connectivity index (χ2v) is 21.9. The lowest BCUT2D eigenvalue weighted by Gasteiger charge is -2.36. The third kappa shape index (κ3) is 46.9. The number of hydrogen-bond acceptors (Lipinski definition) is 4. The van der Waals surface area contributed by atoms with Gasteiger partial charge in [0.15, 0.2) is 5.05 Å². The molecule has 0 aromatic heterocycles. The molecule has 0 radical (unpaired) electrons. The third-order valence-corrected chi connectivity index (χ3v) is 15.2. The number of unbranched alkanes of at least 4 members (excludes halogenated alkanes) is 45. The summed E-state index contributed by atoms with van der Waals surface area (Å²) in [6, 6.07) is 0. The van der Waals surface area contributed by atoms with Crippen molar-refractivity contribution in [2.45, 2.75) is 374 Å². The van der Waals surface area contributed by atoms with Crippen molar-refractivity contribution >= 4 is 17.3 Å². The van der Waals surface area contributed by atoms with Crippen molar-refractivity contribution in [2.75, 3.05) is 0 Å². The van der Waals surface area contributed by atoms with Crippen molar-refractivity contribution in [1.82, 2.24) is 0 Å². The minimum atomic E-state index is -2.15. The van der Waals surface area contributed by atoms with Crippen molar-refractivity contribution in [2.24, 2.45) is 5.41 Å². The van der Waals surface area contributed by atoms with Crippen LogP contribution in [0.25, 0.3) is 0 Å². The molecule has 0 unspecified atom stereocenters. The molecule has 0 spiro atoms. The van der Waals surface area contributed by atoms with E-state index >= 15 is 0 Å². The topological polar surface area (TPSA) is 49.7 Å². The number of hydrogen-bond donors (Lipinski definition) is 2. The standard InChI is InChI=1S/C60H120O3S/c1-5-9-12-15-18-21-24-27-30-33-36-39-42-45-48-51-54-59(57-58(64)63-60(61,62)8-4,55-52-49-46-43-40-37-34-31-28-25-22-19-16-13-10-6-2)56-53-50-47-44-41-38-35-32-29-26-23-20-17-14-11-7-3/h61-62H,5-57H2,1-4H3. The minimum absolute atomic E-state index is 0.114. The van der Waals surface area contributed by atoms with Crippen LogP contribution in [0.15, 0.2) is 0 Å². The van der Waals surface area contributed by atoms with Crippen LogP contribution < -0.4 is 0 Å². The molecule has 0 saturated heterocycles. The summed E-state index contributed by atoms with van der Waals surface area (Å²) in [5, 5.41) is 21.2. The van der Waals surface area contributed by atoms with Crippen LogP contribution in [-0.2, 0) is 4.74 Å². The predicted molar refractivity (Wildman–Crippen MR) is 291 cm³/mol. The van der Waals surface area contributed by atoms with Crippen LogP contribution in [0.3, 0.4) is 0 Å². The maximum atomic E-state index is 10.4. The predicted octanol–water partition coefficient (Wildman–Crippen LogP) is 21.7. The van der Waals surface area contributed by atoms with E-state index in [9.17, 15) is 10.2 Å². The fourth-order valence-corrected chi connectivity index (χ4v) is 10.8. The van der Waals surface area contributed by atoms with E-state index in [2.05, 4.69) is 20.8 Å². The van der Waals surface area contributed by atoms with Crippen LogP contribution >= 0.6 is 12.2 Å². The van der Waals surface area contributed by atoms with Crippen molar-refractivity contribution in [3.8, 4) is 0 Å². The second-order valence-electron chi connectivity index (χ2n) is 21.4. The Kier molecular flexibility index (Phi) is 50.5. The Balaban J connectivity index is 4.87. The molecule has 4 heteroatoms. The molecule has 0 amide bonds. The Morgan fingerprint density at radius 2 is 0.469 bits per heavy atom. The minimum Gasteiger partial charge on any atom is -0.432 e. The molecule has 0 heterocycles. The van der Waals surface area contributed by atoms with Crippen LogP contribution in [0.2, 0.25) is 0 Å². The van der Waals surface area contributed by atoms with Gasteiger partial charge in [-0.2, -0.15) is 0 Å². The van der Waals surface area contributed by atoms with Crippen LogP contribution in [-0.4, -0.2) is 21.2 Å². The van der Waals surface area contributed by atoms with E-state index in [1.54, 1.807) is 6.92 Å². The van der Waals surface area contributed by atoms with E-state index in [4.69, 9.17) is 17.0 Å². The van der Waals surface area contributed by atoms with Gasteiger partial charge < -0.3 is 14.9 Å². The highest BCUT2D eigenvalue weighted by Crippen LogP contribution is 2.42. The Labute approximate surface area is 409 Å². The normalized spacial score (nSPS) is 12.2. The van der Waals surface area contributed by atoms with Gasteiger partial charge in [0.2, 0.25) is 0 Å². The van der Waals surface area contributed by atoms with Crippen molar-refractivity contribution in [3.05, 3.63) is 0 Å². The molecule has 0 aliphatic rings. The number of thiocarbonyl (C=S) groups is 1. The SMILES string of the molecule is CCCCCCCCCCCCCCCCCCC(CCCCCCCCCCCCCCCCCC)(CCCCCCCCCCCCCCCCCC)CC(=S)OC(O)(O)CC. The molecule has 64 heavy (non-hydrogen) atoms. The Morgan fingerprint density at radius 3 is 0.641 bits per heavy atom. The fraction of sp³-hybridized carbons (Fsp3) is 0.983. The van der Waals surface area contributed by atoms with Gasteiger partial charge in [-0.25, -0.2) is 0 Å². The fourth-order valence-electron chi connectivity index (χ4n) is 10.4. The van der Waals surface area contributed by atoms with Crippen molar-refractivity contribution in [3.63, 3.8) is 0 Å². The van der Waals surface area contributed by atoms with E-state index in [-0.39, 0.29) is 11.8 Å². The summed E-state index contributed by atoms with van der Waals surface area (Å²) in [7, 11) is 0. The molecule has 0 fully saturated rings. The molecule has 0 atom stereocenters. The highest BCUT2D eigenvalue weighted by Gasteiger charge is 2.33. The summed E-state index contributed by atoms with van der Waals surface area (Å²) < 4.78 is 5.68. The van der Waals surface area contributed by atoms with E-state index in [0.717, 1.165) is 0 Å². The molecule has 0 saturated carbocycles. The average molecular weight is 922 g/mol. The molecular formula is C60H120O3S. The Hall–Kier alpha value is -0.190. The maximum absolute atomic E-state index is 10.4. The molecule has 0 aromatic carbocycles. The summed E-state index contributed by atoms with van der Waals surface area (Å²) >= 11 is 5.82. The van der Waals surface area contributed by atoms with Crippen LogP contribution in [0.5, 0.6) is 0 Å². The highest BCUT2D eigenvalue weighted by atomic mass is 32.1. The molecule has 0 aromatic rings. The van der Waals surface area contributed by atoms with E-state index in [1.807, 2.05) is 0 Å². The Morgan fingerprint density at radius 1 is 0.297 bits per heavy atom. The first-order valence-electron chi connectivity index (χ1n) is 30.0. The number of ether oxygens (including phenoxy) is 1. The maximum Gasteiger partial charge on any atom is 0.321 e. The van der Waals surface area contributed by atoms with Gasteiger partial charge >= 0.3 is 5.97 Å². The second kappa shape index (κ2) is 50.7. The lowest BCUT2D eigenvalue weighted by Crippen LogP contribution is -2.35. The first-order chi connectivity index (χ1) is 31.3. The summed E-state index contributed by atoms with van der Waals surface area (Å²) in [5.74, 6) is -2.15. The number of aliphatic hydroxyl groups is 2. The third-order valence-electron chi connectivity index (χ3n) is 14.9. The molecule has 0 aliphatic heterocycles. The Bertz CT molecular complexity index is 815. The zero-order valence-corrected chi connectivity index (χ0v) is 45.5. The van der Waals surface area contributed by atoms with Gasteiger partial charge in [0.1, 0.15) is 0 Å². The molecule has 384 valence electrons. The number of rotatable bonds is 55. The van der Waals surface area contributed by atoms with E-state index in [0.29, 0.717) is 11.5 Å². The molecule has 0 aliphatic carbocycles. The molecule has 2 N–H and O–H groups in total. The summed E-state index contributed by atoms with van der Waals surface area (Å²) in [5.41, 5.74) is 0.114. The molecule has 3 nitrogen and oxygen atoms in total. The zero-order valence-electron chi connectivity index (χ0n) is 44.7.